The van der Waals surface area contributed by atoms with Gasteiger partial charge in [-0.3, -0.25) is 0 Å². The first-order valence-electron chi connectivity index (χ1n) is 9.39. The monoisotopic (exact) mass is 344 g/mol. The van der Waals surface area contributed by atoms with Crippen LogP contribution in [0.4, 0.5) is 0 Å². The molecule has 0 unspecified atom stereocenters. The zero-order chi connectivity index (χ0) is 18.1. The summed E-state index contributed by atoms with van der Waals surface area (Å²) in [4.78, 5) is 0. The molecule has 0 heteroatoms. The molecule has 2 saturated carbocycles. The molecule has 0 aliphatic heterocycles. The van der Waals surface area contributed by atoms with Crippen LogP contribution >= 0.6 is 0 Å². The van der Waals surface area contributed by atoms with Crippen molar-refractivity contribution in [2.24, 2.45) is 0 Å². The van der Waals surface area contributed by atoms with Gasteiger partial charge in [-0.25, -0.2) is 0 Å². The van der Waals surface area contributed by atoms with Crippen LogP contribution in [0.15, 0.2) is 85.0 Å². The minimum atomic E-state index is -0.338. The van der Waals surface area contributed by atoms with Crippen molar-refractivity contribution in [3.8, 4) is 0 Å². The molecule has 0 atom stereocenters. The van der Waals surface area contributed by atoms with Gasteiger partial charge >= 0.3 is 0 Å². The molecule has 27 heavy (non-hydrogen) atoms. The molecule has 0 spiro atoms. The highest BCUT2D eigenvalue weighted by Gasteiger charge is 2.55. The first kappa shape index (κ1) is 17.0. The maximum absolute atomic E-state index is 2.30. The van der Waals surface area contributed by atoms with E-state index in [4.69, 9.17) is 0 Å². The second kappa shape index (κ2) is 7.15. The zero-order valence-corrected chi connectivity index (χ0v) is 15.0. The van der Waals surface area contributed by atoms with Gasteiger partial charge in [0.05, 0.1) is 0 Å². The van der Waals surface area contributed by atoms with E-state index in [-0.39, 0.29) is 5.41 Å². The first-order chi connectivity index (χ1) is 13.4. The lowest BCUT2D eigenvalue weighted by molar-refractivity contribution is 0.597. The summed E-state index contributed by atoms with van der Waals surface area (Å²) < 4.78 is 0. The third-order valence-corrected chi connectivity index (χ3v) is 5.59. The molecule has 5 rings (SSSR count). The predicted octanol–water partition coefficient (Wildman–Crippen LogP) is 5.65. The Bertz CT molecular complexity index is 768. The number of hydrogen-bond acceptors (Lipinski definition) is 0. The summed E-state index contributed by atoms with van der Waals surface area (Å²) in [5, 5.41) is 0. The Morgan fingerprint density at radius 3 is 1.78 bits per heavy atom. The van der Waals surface area contributed by atoms with Crippen LogP contribution in [0.1, 0.15) is 11.1 Å². The Hall–Kier alpha value is -2.08. The van der Waals surface area contributed by atoms with E-state index < -0.39 is 0 Å². The van der Waals surface area contributed by atoms with Crippen LogP contribution < -0.4 is 0 Å². The largest absolute Gasteiger partial charge is 0.0762 e. The van der Waals surface area contributed by atoms with Crippen molar-refractivity contribution in [1.29, 1.82) is 0 Å². The minimum absolute atomic E-state index is 0.338. The van der Waals surface area contributed by atoms with E-state index in [1.54, 1.807) is 0 Å². The average molecular weight is 344 g/mol. The lowest BCUT2D eigenvalue weighted by atomic mass is 9.55. The Labute approximate surface area is 164 Å². The van der Waals surface area contributed by atoms with Crippen LogP contribution in [0.3, 0.4) is 0 Å². The molecule has 0 aromatic heterocycles. The average Bonchev–Trinajstić information content (AvgIpc) is 3.42. The van der Waals surface area contributed by atoms with Gasteiger partial charge in [0, 0.05) is 23.2 Å². The topological polar surface area (TPSA) is 0 Å². The molecule has 2 aromatic carbocycles. The molecule has 0 saturated heterocycles. The van der Waals surface area contributed by atoms with Gasteiger partial charge in [-0.15, -0.1) is 0 Å². The lowest BCUT2D eigenvalue weighted by Gasteiger charge is -2.46. The molecule has 0 bridgehead atoms. The van der Waals surface area contributed by atoms with Gasteiger partial charge in [-0.1, -0.05) is 85.0 Å². The molecule has 10 radical (unpaired) electrons. The normalized spacial score (nSPS) is 21.8. The summed E-state index contributed by atoms with van der Waals surface area (Å²) in [6, 6.07) is 21.7. The van der Waals surface area contributed by atoms with Crippen molar-refractivity contribution in [3.05, 3.63) is 158 Å². The smallest absolute Gasteiger partial charge is 0.0345 e. The van der Waals surface area contributed by atoms with Gasteiger partial charge in [0.1, 0.15) is 0 Å². The molecule has 128 valence electrons. The van der Waals surface area contributed by atoms with Gasteiger partial charge in [-0.05, 0) is 55.6 Å². The highest BCUT2D eigenvalue weighted by Crippen LogP contribution is 2.61. The number of hydrogen-bond donors (Lipinski definition) is 0. The maximum atomic E-state index is 2.30. The fourth-order valence-corrected chi connectivity index (χ4v) is 4.44. The second-order valence-electron chi connectivity index (χ2n) is 6.99. The van der Waals surface area contributed by atoms with E-state index >= 15 is 0 Å². The number of fused-ring (bicyclic) bond motifs is 1. The van der Waals surface area contributed by atoms with Gasteiger partial charge in [0.25, 0.3) is 0 Å². The van der Waals surface area contributed by atoms with Crippen LogP contribution in [0.2, 0.25) is 0 Å². The second-order valence-corrected chi connectivity index (χ2v) is 6.99. The number of allylic oxidation sites excluding steroid dienone is 4. The zero-order valence-electron chi connectivity index (χ0n) is 15.0. The van der Waals surface area contributed by atoms with Crippen LogP contribution in [-0.2, 0) is 5.41 Å². The Morgan fingerprint density at radius 1 is 0.556 bits per heavy atom. The lowest BCUT2D eigenvalue weighted by Crippen LogP contribution is -2.42. The fourth-order valence-electron chi connectivity index (χ4n) is 4.44. The van der Waals surface area contributed by atoms with E-state index in [9.17, 15) is 0 Å². The SMILES string of the molecule is [CH]1[CH][CH][C](C([C]2[CH][CH][C]3C=CC=C[C]32)(c2ccccc2)c2ccccc2)[CH]1. The quantitative estimate of drug-likeness (QED) is 0.672. The standard InChI is InChI=1S/C27H20/c1-3-12-22(13-4-1)27(24-16-8-9-17-24,23-14-5-2-6-15-23)26-20-19-21-11-7-10-18-25(21)26/h1-20H. The Balaban J connectivity index is 1.73. The number of benzene rings is 2. The molecular formula is C27H20. The predicted molar refractivity (Wildman–Crippen MR) is 111 cm³/mol. The highest BCUT2D eigenvalue weighted by atomic mass is 14.6. The van der Waals surface area contributed by atoms with Crippen molar-refractivity contribution in [1.82, 2.24) is 0 Å². The highest BCUT2D eigenvalue weighted by molar-refractivity contribution is 5.73. The molecular weight excluding hydrogens is 324 g/mol. The third kappa shape index (κ3) is 2.73. The van der Waals surface area contributed by atoms with Crippen LogP contribution in [0.25, 0.3) is 0 Å². The molecule has 0 heterocycles. The molecule has 2 aromatic rings. The van der Waals surface area contributed by atoms with Crippen molar-refractivity contribution in [2.45, 2.75) is 5.41 Å². The van der Waals surface area contributed by atoms with Crippen LogP contribution in [0.5, 0.6) is 0 Å². The van der Waals surface area contributed by atoms with E-state index in [2.05, 4.69) is 123 Å². The first-order valence-corrected chi connectivity index (χ1v) is 9.39. The summed E-state index contributed by atoms with van der Waals surface area (Å²) >= 11 is 0. The Kier molecular flexibility index (Phi) is 4.52. The van der Waals surface area contributed by atoms with Crippen molar-refractivity contribution in [3.63, 3.8) is 0 Å². The van der Waals surface area contributed by atoms with E-state index in [1.807, 2.05) is 0 Å². The van der Waals surface area contributed by atoms with E-state index in [1.165, 1.54) is 34.8 Å². The molecule has 3 aliphatic rings. The van der Waals surface area contributed by atoms with Crippen molar-refractivity contribution < 1.29 is 0 Å². The van der Waals surface area contributed by atoms with Gasteiger partial charge in [-0.2, -0.15) is 0 Å². The van der Waals surface area contributed by atoms with Gasteiger partial charge in [0.2, 0.25) is 0 Å². The summed E-state index contributed by atoms with van der Waals surface area (Å²) in [7, 11) is 0. The molecule has 0 amide bonds. The number of rotatable bonds is 4. The summed E-state index contributed by atoms with van der Waals surface area (Å²) in [6.07, 6.45) is 22.0. The van der Waals surface area contributed by atoms with Crippen LogP contribution in [0, 0.1) is 62.2 Å². The van der Waals surface area contributed by atoms with Crippen molar-refractivity contribution in [2.75, 3.05) is 0 Å². The molecule has 0 N–H and O–H groups in total. The van der Waals surface area contributed by atoms with Gasteiger partial charge < -0.3 is 0 Å². The summed E-state index contributed by atoms with van der Waals surface area (Å²) in [6.45, 7) is 0. The summed E-state index contributed by atoms with van der Waals surface area (Å²) in [5.74, 6) is 5.24. The molecule has 2 fully saturated rings. The van der Waals surface area contributed by atoms with Crippen molar-refractivity contribution >= 4 is 0 Å². The van der Waals surface area contributed by atoms with Crippen LogP contribution in [-0.4, -0.2) is 0 Å². The fraction of sp³-hybridized carbons (Fsp3) is 0.0370. The summed E-state index contributed by atoms with van der Waals surface area (Å²) in [5.41, 5.74) is 2.24. The molecule has 0 nitrogen and oxygen atoms in total. The van der Waals surface area contributed by atoms with E-state index in [0.717, 1.165) is 0 Å². The maximum Gasteiger partial charge on any atom is 0.0345 e. The minimum Gasteiger partial charge on any atom is -0.0762 e. The Morgan fingerprint density at radius 2 is 1.15 bits per heavy atom. The van der Waals surface area contributed by atoms with Gasteiger partial charge in [0.15, 0.2) is 0 Å². The van der Waals surface area contributed by atoms with E-state index in [0.29, 0.717) is 0 Å². The molecule has 3 aliphatic carbocycles. The third-order valence-electron chi connectivity index (χ3n) is 5.59.